The van der Waals surface area contributed by atoms with E-state index in [2.05, 4.69) is 13.5 Å². The van der Waals surface area contributed by atoms with Crippen molar-refractivity contribution in [3.63, 3.8) is 0 Å². The van der Waals surface area contributed by atoms with Crippen molar-refractivity contribution in [3.8, 4) is 0 Å². The van der Waals surface area contributed by atoms with Crippen LogP contribution in [0, 0.1) is 0 Å². The molecule has 0 radical (unpaired) electrons. The summed E-state index contributed by atoms with van der Waals surface area (Å²) in [6.45, 7) is 6.04. The lowest BCUT2D eigenvalue weighted by atomic mass is 9.85. The maximum absolute atomic E-state index is 11.9. The van der Waals surface area contributed by atoms with Gasteiger partial charge >= 0.3 is 0 Å². The molecule has 29 heavy (non-hydrogen) atoms. The maximum atomic E-state index is 11.9. The third-order valence-electron chi connectivity index (χ3n) is 6.59. The smallest absolute Gasteiger partial charge is 0.142 e. The second-order valence-electron chi connectivity index (χ2n) is 9.88. The number of carboxylic acid groups (broad SMARTS) is 1. The predicted molar refractivity (Wildman–Crippen MR) is 125 cm³/mol. The molecule has 3 heteroatoms. The van der Waals surface area contributed by atoms with Gasteiger partial charge in [0.25, 0.3) is 0 Å². The summed E-state index contributed by atoms with van der Waals surface area (Å²) in [6, 6.07) is 0. The number of hydrogen-bond acceptors (Lipinski definition) is 2. The summed E-state index contributed by atoms with van der Waals surface area (Å²) in [4.78, 5) is 11.9. The first-order valence-corrected chi connectivity index (χ1v) is 12.5. The van der Waals surface area contributed by atoms with Gasteiger partial charge in [-0.3, -0.25) is 0 Å². The van der Waals surface area contributed by atoms with Crippen LogP contribution in [0.2, 0.25) is 0 Å². The van der Waals surface area contributed by atoms with Crippen LogP contribution in [-0.4, -0.2) is 37.1 Å². The third-order valence-corrected chi connectivity index (χ3v) is 6.59. The Balaban J connectivity index is 3.67. The van der Waals surface area contributed by atoms with Gasteiger partial charge in [0.1, 0.15) is 11.5 Å². The second-order valence-corrected chi connectivity index (χ2v) is 9.88. The fraction of sp³-hybridized carbons (Fsp3) is 0.885. The van der Waals surface area contributed by atoms with Gasteiger partial charge in [-0.05, 0) is 6.42 Å². The lowest BCUT2D eigenvalue weighted by Gasteiger charge is -2.46. The van der Waals surface area contributed by atoms with Gasteiger partial charge in [0.15, 0.2) is 0 Å². The number of rotatable bonds is 21. The molecule has 0 aliphatic heterocycles. The maximum Gasteiger partial charge on any atom is 0.142 e. The summed E-state index contributed by atoms with van der Waals surface area (Å²) in [5.74, 6) is -0.939. The van der Waals surface area contributed by atoms with E-state index >= 15 is 0 Å². The first-order valence-electron chi connectivity index (χ1n) is 12.5. The topological polar surface area (TPSA) is 40.1 Å². The van der Waals surface area contributed by atoms with E-state index < -0.39 is 11.5 Å². The van der Waals surface area contributed by atoms with E-state index in [1.165, 1.54) is 89.9 Å². The molecule has 0 amide bonds. The van der Waals surface area contributed by atoms with Gasteiger partial charge in [0.05, 0.1) is 21.1 Å². The van der Waals surface area contributed by atoms with Crippen molar-refractivity contribution in [1.29, 1.82) is 0 Å². The Labute approximate surface area is 182 Å². The van der Waals surface area contributed by atoms with E-state index in [0.29, 0.717) is 17.3 Å². The van der Waals surface area contributed by atoms with E-state index in [1.807, 2.05) is 21.1 Å². The summed E-state index contributed by atoms with van der Waals surface area (Å²) in [6.07, 6.45) is 24.2. The van der Waals surface area contributed by atoms with Gasteiger partial charge in [-0.25, -0.2) is 0 Å². The molecule has 0 spiro atoms. The monoisotopic (exact) mass is 409 g/mol. The summed E-state index contributed by atoms with van der Waals surface area (Å²) in [7, 11) is 5.85. The van der Waals surface area contributed by atoms with E-state index in [0.717, 1.165) is 12.8 Å². The van der Waals surface area contributed by atoms with Crippen LogP contribution in [-0.2, 0) is 4.79 Å². The summed E-state index contributed by atoms with van der Waals surface area (Å²) >= 11 is 0. The molecule has 0 saturated carbocycles. The van der Waals surface area contributed by atoms with Crippen molar-refractivity contribution < 1.29 is 14.4 Å². The van der Waals surface area contributed by atoms with Crippen molar-refractivity contribution in [3.05, 3.63) is 12.7 Å². The highest BCUT2D eigenvalue weighted by atomic mass is 16.4. The highest BCUT2D eigenvalue weighted by Crippen LogP contribution is 2.30. The van der Waals surface area contributed by atoms with Crippen LogP contribution in [0.3, 0.4) is 0 Å². The Hall–Kier alpha value is -0.830. The van der Waals surface area contributed by atoms with Crippen LogP contribution in [0.1, 0.15) is 122 Å². The molecule has 0 aliphatic rings. The van der Waals surface area contributed by atoms with Crippen molar-refractivity contribution in [2.75, 3.05) is 21.1 Å². The first-order chi connectivity index (χ1) is 13.8. The zero-order valence-electron chi connectivity index (χ0n) is 20.3. The van der Waals surface area contributed by atoms with Crippen molar-refractivity contribution >= 4 is 5.97 Å². The number of hydrogen-bond donors (Lipinski definition) is 0. The number of carbonyl (C=O) groups is 1. The van der Waals surface area contributed by atoms with Crippen LogP contribution in [0.25, 0.3) is 0 Å². The number of nitrogens with zero attached hydrogens (tertiary/aromatic N) is 1. The summed E-state index contributed by atoms with van der Waals surface area (Å²) < 4.78 is 0.389. The number of aliphatic carboxylic acids is 1. The van der Waals surface area contributed by atoms with Gasteiger partial charge in [-0.15, -0.1) is 6.58 Å². The molecule has 0 aromatic heterocycles. The lowest BCUT2D eigenvalue weighted by molar-refractivity contribution is -0.916. The Morgan fingerprint density at radius 3 is 1.38 bits per heavy atom. The third kappa shape index (κ3) is 12.5. The molecule has 0 aromatic carbocycles. The van der Waals surface area contributed by atoms with Crippen molar-refractivity contribution in [1.82, 2.24) is 0 Å². The van der Waals surface area contributed by atoms with Gasteiger partial charge in [0.2, 0.25) is 0 Å². The van der Waals surface area contributed by atoms with Crippen molar-refractivity contribution in [2.24, 2.45) is 0 Å². The zero-order valence-corrected chi connectivity index (χ0v) is 20.3. The minimum absolute atomic E-state index is 0.389. The fourth-order valence-corrected chi connectivity index (χ4v) is 4.37. The molecular weight excluding hydrogens is 358 g/mol. The highest BCUT2D eigenvalue weighted by Gasteiger charge is 2.42. The van der Waals surface area contributed by atoms with Crippen LogP contribution in [0.5, 0.6) is 0 Å². The molecule has 0 bridgehead atoms. The molecule has 1 unspecified atom stereocenters. The molecule has 0 aromatic rings. The van der Waals surface area contributed by atoms with Gasteiger partial charge < -0.3 is 14.4 Å². The predicted octanol–water partition coefficient (Wildman–Crippen LogP) is 6.41. The first kappa shape index (κ1) is 28.2. The molecule has 0 aliphatic carbocycles. The Kier molecular flexibility index (Phi) is 16.4. The summed E-state index contributed by atoms with van der Waals surface area (Å²) in [5.41, 5.74) is -0.849. The minimum Gasteiger partial charge on any atom is -0.544 e. The van der Waals surface area contributed by atoms with E-state index in [-0.39, 0.29) is 0 Å². The standard InChI is InChI=1S/C26H51NO2/c1-6-8-9-10-11-12-13-14-15-16-17-18-19-20-21-22-24-26(23-7-2,25(28)29)27(3,4)5/h7H,2,6,8-24H2,1,3-5H3. The molecule has 172 valence electrons. The normalized spacial score (nSPS) is 13.9. The molecule has 0 saturated heterocycles. The number of carboxylic acids is 1. The van der Waals surface area contributed by atoms with E-state index in [9.17, 15) is 9.90 Å². The van der Waals surface area contributed by atoms with Gasteiger partial charge in [-0.1, -0.05) is 109 Å². The Morgan fingerprint density at radius 1 is 0.759 bits per heavy atom. The van der Waals surface area contributed by atoms with Crippen LogP contribution >= 0.6 is 0 Å². The Bertz CT molecular complexity index is 413. The van der Waals surface area contributed by atoms with E-state index in [1.54, 1.807) is 6.08 Å². The largest absolute Gasteiger partial charge is 0.544 e. The molecule has 1 atom stereocenters. The molecule has 0 fully saturated rings. The average Bonchev–Trinajstić information content (AvgIpc) is 2.65. The number of carbonyl (C=O) groups excluding carboxylic acids is 1. The van der Waals surface area contributed by atoms with Gasteiger partial charge in [-0.2, -0.15) is 0 Å². The molecular formula is C26H51NO2. The van der Waals surface area contributed by atoms with Gasteiger partial charge in [0, 0.05) is 12.8 Å². The van der Waals surface area contributed by atoms with Crippen molar-refractivity contribution in [2.45, 2.75) is 128 Å². The number of unbranched alkanes of at least 4 members (excludes halogenated alkanes) is 15. The molecule has 0 N–H and O–H groups in total. The van der Waals surface area contributed by atoms with Crippen LogP contribution in [0.15, 0.2) is 12.7 Å². The zero-order chi connectivity index (χ0) is 22.0. The quantitative estimate of drug-likeness (QED) is 0.125. The number of quaternary nitrogens is 1. The highest BCUT2D eigenvalue weighted by molar-refractivity contribution is 5.75. The molecule has 0 rings (SSSR count). The SMILES string of the molecule is C=CCC(CCCCCCCCCCCCCCCCCC)(C(=O)[O-])[N+](C)(C)C. The Morgan fingerprint density at radius 2 is 1.10 bits per heavy atom. The van der Waals surface area contributed by atoms with Crippen LogP contribution < -0.4 is 5.11 Å². The minimum atomic E-state index is -0.939. The van der Waals surface area contributed by atoms with E-state index in [4.69, 9.17) is 0 Å². The lowest BCUT2D eigenvalue weighted by Crippen LogP contribution is -2.65. The number of likely N-dealkylation sites (N-methyl/N-ethyl adjacent to an activating group) is 1. The summed E-state index contributed by atoms with van der Waals surface area (Å²) in [5, 5.41) is 11.9. The fourth-order valence-electron chi connectivity index (χ4n) is 4.37. The average molecular weight is 410 g/mol. The van der Waals surface area contributed by atoms with Crippen LogP contribution in [0.4, 0.5) is 0 Å². The second kappa shape index (κ2) is 16.9. The molecule has 0 heterocycles. The molecule has 3 nitrogen and oxygen atoms in total.